The normalized spacial score (nSPS) is 17.3. The van der Waals surface area contributed by atoms with E-state index >= 15 is 0 Å². The molecule has 1 atom stereocenters. The van der Waals surface area contributed by atoms with E-state index in [1.807, 2.05) is 0 Å². The van der Waals surface area contributed by atoms with E-state index in [-0.39, 0.29) is 16.1 Å². The van der Waals surface area contributed by atoms with E-state index in [0.717, 1.165) is 18.2 Å². The maximum Gasteiger partial charge on any atom is 0.263 e. The molecule has 0 spiro atoms. The van der Waals surface area contributed by atoms with Gasteiger partial charge in [-0.25, -0.2) is 17.6 Å². The number of hydrogen-bond acceptors (Lipinski definition) is 2. The third-order valence-electron chi connectivity index (χ3n) is 4.87. The van der Waals surface area contributed by atoms with Gasteiger partial charge in [0.25, 0.3) is 6.43 Å². The summed E-state index contributed by atoms with van der Waals surface area (Å²) in [5.74, 6) is -2.35. The van der Waals surface area contributed by atoms with Gasteiger partial charge in [0, 0.05) is 22.2 Å². The Hall–Kier alpha value is -2.12. The van der Waals surface area contributed by atoms with Gasteiger partial charge in [0.05, 0.1) is 17.6 Å². The molecule has 28 heavy (non-hydrogen) atoms. The number of benzene rings is 2. The fraction of sp³-hybridized carbons (Fsp3) is 0.350. The van der Waals surface area contributed by atoms with Gasteiger partial charge in [-0.05, 0) is 49.6 Å². The number of carbonyl (C=O) groups excluding carboxylic acids is 1. The van der Waals surface area contributed by atoms with Crippen molar-refractivity contribution < 1.29 is 27.5 Å². The summed E-state index contributed by atoms with van der Waals surface area (Å²) in [6.45, 7) is 1.25. The summed E-state index contributed by atoms with van der Waals surface area (Å²) < 4.78 is 53.1. The lowest BCUT2D eigenvalue weighted by molar-refractivity contribution is -0.127. The highest BCUT2D eigenvalue weighted by Gasteiger charge is 2.47. The Kier molecular flexibility index (Phi) is 5.42. The zero-order valence-electron chi connectivity index (χ0n) is 14.9. The van der Waals surface area contributed by atoms with E-state index in [0.29, 0.717) is 24.5 Å². The van der Waals surface area contributed by atoms with Gasteiger partial charge in [0.2, 0.25) is 5.91 Å². The minimum atomic E-state index is -2.70. The van der Waals surface area contributed by atoms with Crippen LogP contribution in [0.15, 0.2) is 36.4 Å². The Morgan fingerprint density at radius 1 is 1.25 bits per heavy atom. The van der Waals surface area contributed by atoms with Crippen molar-refractivity contribution in [3.8, 4) is 0 Å². The second-order valence-corrected chi connectivity index (χ2v) is 7.72. The average Bonchev–Trinajstić information content (AvgIpc) is 3.33. The number of halogens is 5. The van der Waals surface area contributed by atoms with Gasteiger partial charge in [-0.15, -0.1) is 0 Å². The maximum absolute atomic E-state index is 14.0. The van der Waals surface area contributed by atoms with E-state index in [9.17, 15) is 27.5 Å². The summed E-state index contributed by atoms with van der Waals surface area (Å²) in [7, 11) is 0. The lowest BCUT2D eigenvalue weighted by Gasteiger charge is -2.26. The summed E-state index contributed by atoms with van der Waals surface area (Å²) in [6.07, 6.45) is -2.14. The smallest absolute Gasteiger partial charge is 0.263 e. The van der Waals surface area contributed by atoms with Crippen molar-refractivity contribution in [3.63, 3.8) is 0 Å². The second-order valence-electron chi connectivity index (χ2n) is 7.28. The van der Waals surface area contributed by atoms with Gasteiger partial charge in [-0.3, -0.25) is 4.79 Å². The number of nitrogens with one attached hydrogen (secondary N) is 1. The van der Waals surface area contributed by atoms with Crippen LogP contribution in [-0.2, 0) is 15.9 Å². The third kappa shape index (κ3) is 4.31. The largest absolute Gasteiger partial charge is 0.385 e. The molecule has 1 saturated carbocycles. The summed E-state index contributed by atoms with van der Waals surface area (Å²) in [5, 5.41) is 13.4. The van der Waals surface area contributed by atoms with Gasteiger partial charge in [-0.1, -0.05) is 17.7 Å². The Balaban J connectivity index is 1.77. The van der Waals surface area contributed by atoms with Crippen molar-refractivity contribution in [2.24, 2.45) is 0 Å². The lowest BCUT2D eigenvalue weighted by Crippen LogP contribution is -2.39. The number of carbonyl (C=O) groups is 1. The van der Waals surface area contributed by atoms with Crippen LogP contribution in [0, 0.1) is 11.6 Å². The fourth-order valence-electron chi connectivity index (χ4n) is 3.27. The number of aliphatic hydroxyl groups is 1. The Labute approximate surface area is 164 Å². The first kappa shape index (κ1) is 20.6. The minimum absolute atomic E-state index is 0.133. The lowest BCUT2D eigenvalue weighted by atomic mass is 9.91. The molecule has 3 rings (SSSR count). The Morgan fingerprint density at radius 2 is 1.93 bits per heavy atom. The van der Waals surface area contributed by atoms with E-state index < -0.39 is 41.5 Å². The molecule has 1 fully saturated rings. The number of hydrogen-bond donors (Lipinski definition) is 2. The van der Waals surface area contributed by atoms with Crippen LogP contribution in [0.25, 0.3) is 0 Å². The van der Waals surface area contributed by atoms with Crippen molar-refractivity contribution in [1.82, 2.24) is 5.32 Å². The molecule has 2 N–H and O–H groups in total. The zero-order chi connectivity index (χ0) is 20.7. The number of alkyl halides is 2. The molecule has 3 nitrogen and oxygen atoms in total. The van der Waals surface area contributed by atoms with Crippen LogP contribution in [0.5, 0.6) is 0 Å². The summed E-state index contributed by atoms with van der Waals surface area (Å²) in [6, 6.07) is 6.67. The zero-order valence-corrected chi connectivity index (χ0v) is 15.7. The van der Waals surface area contributed by atoms with Crippen molar-refractivity contribution in [2.75, 3.05) is 0 Å². The van der Waals surface area contributed by atoms with Crippen LogP contribution in [0.4, 0.5) is 17.6 Å². The Bertz CT molecular complexity index is 913. The molecule has 8 heteroatoms. The fourth-order valence-corrected chi connectivity index (χ4v) is 3.51. The highest BCUT2D eigenvalue weighted by Crippen LogP contribution is 2.47. The molecule has 150 valence electrons. The SMILES string of the molecule is C[C@@](O)(CC(=O)NC1(c2cc(Cl)cc(C(F)F)c2)CC1)c1ccc(F)cc1F. The first-order valence-electron chi connectivity index (χ1n) is 8.60. The molecular formula is C20H18ClF4NO2. The van der Waals surface area contributed by atoms with Crippen molar-refractivity contribution in [1.29, 1.82) is 0 Å². The van der Waals surface area contributed by atoms with Crippen LogP contribution in [0.3, 0.4) is 0 Å². The summed E-state index contributed by atoms with van der Waals surface area (Å²) in [4.78, 5) is 12.5. The molecule has 1 aliphatic rings. The van der Waals surface area contributed by atoms with Crippen LogP contribution in [0.2, 0.25) is 5.02 Å². The highest BCUT2D eigenvalue weighted by molar-refractivity contribution is 6.30. The van der Waals surface area contributed by atoms with Gasteiger partial charge >= 0.3 is 0 Å². The van der Waals surface area contributed by atoms with Gasteiger partial charge in [0.1, 0.15) is 11.6 Å². The topological polar surface area (TPSA) is 49.3 Å². The van der Waals surface area contributed by atoms with Crippen molar-refractivity contribution in [3.05, 3.63) is 69.7 Å². The van der Waals surface area contributed by atoms with Gasteiger partial charge < -0.3 is 10.4 Å². The van der Waals surface area contributed by atoms with Crippen LogP contribution < -0.4 is 5.32 Å². The highest BCUT2D eigenvalue weighted by atomic mass is 35.5. The molecule has 2 aromatic carbocycles. The van der Waals surface area contributed by atoms with Crippen molar-refractivity contribution in [2.45, 2.75) is 43.8 Å². The maximum atomic E-state index is 14.0. The third-order valence-corrected chi connectivity index (χ3v) is 5.09. The first-order chi connectivity index (χ1) is 13.0. The molecule has 0 radical (unpaired) electrons. The molecule has 0 saturated heterocycles. The monoisotopic (exact) mass is 415 g/mol. The Morgan fingerprint density at radius 3 is 2.50 bits per heavy atom. The van der Waals surface area contributed by atoms with Crippen molar-refractivity contribution >= 4 is 17.5 Å². The molecule has 0 heterocycles. The molecule has 2 aromatic rings. The molecule has 0 bridgehead atoms. The summed E-state index contributed by atoms with van der Waals surface area (Å²) >= 11 is 5.92. The molecule has 0 aromatic heterocycles. The van der Waals surface area contributed by atoms with Crippen LogP contribution >= 0.6 is 11.6 Å². The van der Waals surface area contributed by atoms with Gasteiger partial charge in [-0.2, -0.15) is 0 Å². The summed E-state index contributed by atoms with van der Waals surface area (Å²) in [5.41, 5.74) is -2.72. The van der Waals surface area contributed by atoms with E-state index in [4.69, 9.17) is 11.6 Å². The number of amides is 1. The molecular weight excluding hydrogens is 398 g/mol. The second kappa shape index (κ2) is 7.37. The predicted octanol–water partition coefficient (Wildman–Crippen LogP) is 4.96. The average molecular weight is 416 g/mol. The van der Waals surface area contributed by atoms with Crippen LogP contribution in [-0.4, -0.2) is 11.0 Å². The van der Waals surface area contributed by atoms with Gasteiger partial charge in [0.15, 0.2) is 0 Å². The molecule has 0 aliphatic heterocycles. The molecule has 1 amide bonds. The standard InChI is InChI=1S/C20H18ClF4NO2/c1-19(28,15-3-2-14(22)9-16(15)23)10-17(27)26-20(4-5-20)12-6-11(18(24)25)7-13(21)8-12/h2-3,6-9,18,28H,4-5,10H2,1H3,(H,26,27)/t19-/m1/s1. The minimum Gasteiger partial charge on any atom is -0.385 e. The molecule has 1 aliphatic carbocycles. The quantitative estimate of drug-likeness (QED) is 0.655. The van der Waals surface area contributed by atoms with E-state index in [1.54, 1.807) is 0 Å². The van der Waals surface area contributed by atoms with E-state index in [1.165, 1.54) is 19.1 Å². The van der Waals surface area contributed by atoms with E-state index in [2.05, 4.69) is 5.32 Å². The number of rotatable bonds is 6. The molecule has 0 unspecified atom stereocenters. The van der Waals surface area contributed by atoms with Crippen LogP contribution in [0.1, 0.15) is 49.3 Å². The first-order valence-corrected chi connectivity index (χ1v) is 8.98. The predicted molar refractivity (Wildman–Crippen MR) is 96.0 cm³/mol.